The number of carbonyl (C=O) groups is 1. The Labute approximate surface area is 148 Å². The Morgan fingerprint density at radius 2 is 2.16 bits per heavy atom. The summed E-state index contributed by atoms with van der Waals surface area (Å²) >= 11 is 1.46. The minimum atomic E-state index is -0.453. The summed E-state index contributed by atoms with van der Waals surface area (Å²) in [6.45, 7) is 2.72. The zero-order chi connectivity index (χ0) is 17.4. The lowest BCUT2D eigenvalue weighted by molar-refractivity contribution is -0.145. The van der Waals surface area contributed by atoms with Crippen LogP contribution in [0.2, 0.25) is 0 Å². The second-order valence-electron chi connectivity index (χ2n) is 6.06. The second kappa shape index (κ2) is 6.44. The molecule has 0 unspecified atom stereocenters. The van der Waals surface area contributed by atoms with Gasteiger partial charge in [0.1, 0.15) is 16.4 Å². The Morgan fingerprint density at radius 1 is 1.36 bits per heavy atom. The molecule has 4 rings (SSSR count). The van der Waals surface area contributed by atoms with Crippen molar-refractivity contribution in [1.29, 1.82) is 0 Å². The summed E-state index contributed by atoms with van der Waals surface area (Å²) in [7, 11) is 0. The van der Waals surface area contributed by atoms with Crippen LogP contribution in [0.1, 0.15) is 31.5 Å². The molecule has 1 aliphatic heterocycles. The molecular weight excluding hydrogens is 336 g/mol. The van der Waals surface area contributed by atoms with Crippen molar-refractivity contribution in [2.75, 3.05) is 6.61 Å². The SMILES string of the molecule is CCOC(=O)[C@@H]1CCCn2c1nc1cc(-c3ccccc3)sc1c2=O. The third kappa shape index (κ3) is 2.76. The van der Waals surface area contributed by atoms with Crippen molar-refractivity contribution in [2.45, 2.75) is 32.2 Å². The highest BCUT2D eigenvalue weighted by atomic mass is 32.1. The fourth-order valence-corrected chi connectivity index (χ4v) is 4.35. The van der Waals surface area contributed by atoms with Crippen LogP contribution < -0.4 is 5.56 Å². The summed E-state index contributed by atoms with van der Waals surface area (Å²) in [4.78, 5) is 30.9. The normalized spacial score (nSPS) is 16.6. The smallest absolute Gasteiger partial charge is 0.316 e. The number of hydrogen-bond donors (Lipinski definition) is 0. The van der Waals surface area contributed by atoms with Crippen LogP contribution in [0.15, 0.2) is 41.2 Å². The number of hydrogen-bond acceptors (Lipinski definition) is 5. The van der Waals surface area contributed by atoms with Gasteiger partial charge in [0.05, 0.1) is 12.1 Å². The highest BCUT2D eigenvalue weighted by Crippen LogP contribution is 2.33. The summed E-state index contributed by atoms with van der Waals surface area (Å²) in [6, 6.07) is 11.9. The highest BCUT2D eigenvalue weighted by molar-refractivity contribution is 7.22. The maximum atomic E-state index is 12.9. The molecule has 0 saturated carbocycles. The number of carbonyl (C=O) groups excluding carboxylic acids is 1. The molecular formula is C19H18N2O3S. The van der Waals surface area contributed by atoms with Crippen LogP contribution in [-0.4, -0.2) is 22.1 Å². The van der Waals surface area contributed by atoms with E-state index in [9.17, 15) is 9.59 Å². The summed E-state index contributed by atoms with van der Waals surface area (Å²) in [5.41, 5.74) is 1.67. The van der Waals surface area contributed by atoms with Gasteiger partial charge in [-0.15, -0.1) is 11.3 Å². The zero-order valence-electron chi connectivity index (χ0n) is 13.9. The fraction of sp³-hybridized carbons (Fsp3) is 0.316. The summed E-state index contributed by atoms with van der Waals surface area (Å²) in [5.74, 6) is -0.203. The van der Waals surface area contributed by atoms with E-state index in [1.54, 1.807) is 11.5 Å². The maximum absolute atomic E-state index is 12.9. The molecule has 0 fully saturated rings. The number of rotatable bonds is 3. The molecule has 5 nitrogen and oxygen atoms in total. The van der Waals surface area contributed by atoms with E-state index in [0.717, 1.165) is 16.9 Å². The standard InChI is InChI=1S/C19H18N2O3S/c1-2-24-19(23)13-9-6-10-21-17(13)20-14-11-15(25-16(14)18(21)22)12-7-4-3-5-8-12/h3-5,7-8,11,13H,2,6,9-10H2,1H3/t13-/m1/s1. The van der Waals surface area contributed by atoms with Gasteiger partial charge in [-0.1, -0.05) is 30.3 Å². The molecule has 0 amide bonds. The first kappa shape index (κ1) is 16.0. The molecule has 0 saturated heterocycles. The van der Waals surface area contributed by atoms with Crippen LogP contribution >= 0.6 is 11.3 Å². The second-order valence-corrected chi connectivity index (χ2v) is 7.12. The first-order valence-electron chi connectivity index (χ1n) is 8.45. The molecule has 0 radical (unpaired) electrons. The van der Waals surface area contributed by atoms with Crippen molar-refractivity contribution in [3.05, 3.63) is 52.6 Å². The van der Waals surface area contributed by atoms with E-state index in [1.165, 1.54) is 11.3 Å². The van der Waals surface area contributed by atoms with Gasteiger partial charge in [-0.05, 0) is 31.4 Å². The summed E-state index contributed by atoms with van der Waals surface area (Å²) in [6.07, 6.45) is 1.45. The van der Waals surface area contributed by atoms with Crippen molar-refractivity contribution in [3.8, 4) is 10.4 Å². The van der Waals surface area contributed by atoms with Crippen molar-refractivity contribution in [3.63, 3.8) is 0 Å². The Morgan fingerprint density at radius 3 is 2.92 bits per heavy atom. The third-order valence-electron chi connectivity index (χ3n) is 4.48. The minimum Gasteiger partial charge on any atom is -0.465 e. The number of aromatic nitrogens is 2. The molecule has 2 aromatic heterocycles. The monoisotopic (exact) mass is 354 g/mol. The Balaban J connectivity index is 1.86. The molecule has 1 atom stereocenters. The Hall–Kier alpha value is -2.47. The molecule has 0 bridgehead atoms. The Bertz CT molecular complexity index is 991. The number of fused-ring (bicyclic) bond motifs is 2. The van der Waals surface area contributed by atoms with Crippen molar-refractivity contribution >= 4 is 27.5 Å². The van der Waals surface area contributed by atoms with E-state index in [2.05, 4.69) is 4.98 Å². The molecule has 0 N–H and O–H groups in total. The Kier molecular flexibility index (Phi) is 4.13. The largest absolute Gasteiger partial charge is 0.465 e. The molecule has 0 aliphatic carbocycles. The van der Waals surface area contributed by atoms with Crippen LogP contribution in [0.3, 0.4) is 0 Å². The van der Waals surface area contributed by atoms with Gasteiger partial charge < -0.3 is 4.74 Å². The van der Waals surface area contributed by atoms with Crippen LogP contribution in [0.4, 0.5) is 0 Å². The molecule has 1 aromatic carbocycles. The average Bonchev–Trinajstić information content (AvgIpc) is 3.07. The topological polar surface area (TPSA) is 61.2 Å². The van der Waals surface area contributed by atoms with E-state index in [-0.39, 0.29) is 11.5 Å². The van der Waals surface area contributed by atoms with Crippen molar-refractivity contribution < 1.29 is 9.53 Å². The van der Waals surface area contributed by atoms with E-state index < -0.39 is 5.92 Å². The number of ether oxygens (including phenoxy) is 1. The average molecular weight is 354 g/mol. The van der Waals surface area contributed by atoms with Crippen LogP contribution in [0.5, 0.6) is 0 Å². The van der Waals surface area contributed by atoms with Gasteiger partial charge in [0.15, 0.2) is 0 Å². The number of nitrogens with zero attached hydrogens (tertiary/aromatic N) is 2. The van der Waals surface area contributed by atoms with Crippen molar-refractivity contribution in [2.24, 2.45) is 0 Å². The quantitative estimate of drug-likeness (QED) is 0.675. The van der Waals surface area contributed by atoms with Crippen LogP contribution in [-0.2, 0) is 16.1 Å². The minimum absolute atomic E-state index is 0.0545. The third-order valence-corrected chi connectivity index (χ3v) is 5.64. The number of esters is 1. The summed E-state index contributed by atoms with van der Waals surface area (Å²) < 4.78 is 7.47. The van der Waals surface area contributed by atoms with Gasteiger partial charge in [-0.25, -0.2) is 4.98 Å². The molecule has 3 aromatic rings. The van der Waals surface area contributed by atoms with Gasteiger partial charge in [0.25, 0.3) is 5.56 Å². The maximum Gasteiger partial charge on any atom is 0.316 e. The van der Waals surface area contributed by atoms with Gasteiger partial charge in [0, 0.05) is 11.4 Å². The molecule has 6 heteroatoms. The molecule has 25 heavy (non-hydrogen) atoms. The predicted octanol–water partition coefficient (Wildman–Crippen LogP) is 3.57. The van der Waals surface area contributed by atoms with Crippen LogP contribution in [0.25, 0.3) is 20.7 Å². The molecule has 128 valence electrons. The van der Waals surface area contributed by atoms with Gasteiger partial charge in [0.2, 0.25) is 0 Å². The van der Waals surface area contributed by atoms with Gasteiger partial charge in [-0.2, -0.15) is 0 Å². The fourth-order valence-electron chi connectivity index (χ4n) is 3.30. The first-order valence-corrected chi connectivity index (χ1v) is 9.27. The lowest BCUT2D eigenvalue weighted by Gasteiger charge is -2.24. The van der Waals surface area contributed by atoms with E-state index in [0.29, 0.717) is 35.6 Å². The highest BCUT2D eigenvalue weighted by Gasteiger charge is 2.31. The van der Waals surface area contributed by atoms with E-state index >= 15 is 0 Å². The zero-order valence-corrected chi connectivity index (χ0v) is 14.7. The molecule has 3 heterocycles. The lowest BCUT2D eigenvalue weighted by atomic mass is 9.98. The van der Waals surface area contributed by atoms with Crippen LogP contribution in [0, 0.1) is 0 Å². The number of thiophene rings is 1. The van der Waals surface area contributed by atoms with Crippen molar-refractivity contribution in [1.82, 2.24) is 9.55 Å². The van der Waals surface area contributed by atoms with Gasteiger partial charge in [-0.3, -0.25) is 14.2 Å². The van der Waals surface area contributed by atoms with Gasteiger partial charge >= 0.3 is 5.97 Å². The molecule has 0 spiro atoms. The van der Waals surface area contributed by atoms with E-state index in [1.807, 2.05) is 36.4 Å². The lowest BCUT2D eigenvalue weighted by Crippen LogP contribution is -2.33. The molecule has 1 aliphatic rings. The summed E-state index contributed by atoms with van der Waals surface area (Å²) in [5, 5.41) is 0. The number of benzene rings is 1. The predicted molar refractivity (Wildman–Crippen MR) is 97.9 cm³/mol. The van der Waals surface area contributed by atoms with E-state index in [4.69, 9.17) is 4.74 Å². The first-order chi connectivity index (χ1) is 12.2.